The van der Waals surface area contributed by atoms with Crippen molar-refractivity contribution in [2.45, 2.75) is 12.8 Å². The molecular formula is C10H15BrN6O. The number of hydrogen-bond donors (Lipinski definition) is 3. The molecule has 1 aliphatic heterocycles. The summed E-state index contributed by atoms with van der Waals surface area (Å²) in [6, 6.07) is 0. The van der Waals surface area contributed by atoms with Crippen LogP contribution in [0.5, 0.6) is 0 Å². The number of nitrogen functional groups attached to an aromatic ring is 1. The molecule has 0 bridgehead atoms. The van der Waals surface area contributed by atoms with Gasteiger partial charge in [0.15, 0.2) is 0 Å². The quantitative estimate of drug-likeness (QED) is 0.544. The maximum Gasteiger partial charge on any atom is 0.239 e. The van der Waals surface area contributed by atoms with Gasteiger partial charge in [-0.3, -0.25) is 10.2 Å². The van der Waals surface area contributed by atoms with E-state index < -0.39 is 0 Å². The third kappa shape index (κ3) is 2.70. The summed E-state index contributed by atoms with van der Waals surface area (Å²) in [6.07, 6.45) is 3.14. The second kappa shape index (κ2) is 5.49. The fourth-order valence-electron chi connectivity index (χ4n) is 2.03. The van der Waals surface area contributed by atoms with Gasteiger partial charge in [0, 0.05) is 25.2 Å². The minimum absolute atomic E-state index is 0.0334. The molecule has 0 saturated carbocycles. The lowest BCUT2D eigenvalue weighted by Crippen LogP contribution is -2.39. The minimum Gasteiger partial charge on any atom is -0.369 e. The number of hydrogen-bond acceptors (Lipinski definition) is 6. The van der Waals surface area contributed by atoms with Gasteiger partial charge < -0.3 is 10.6 Å². The Morgan fingerprint density at radius 3 is 2.72 bits per heavy atom. The van der Waals surface area contributed by atoms with Crippen molar-refractivity contribution in [1.29, 1.82) is 0 Å². The number of carbonyl (C=O) groups is 1. The highest BCUT2D eigenvalue weighted by Crippen LogP contribution is 2.28. The predicted octanol–water partition coefficient (Wildman–Crippen LogP) is 0.226. The van der Waals surface area contributed by atoms with Gasteiger partial charge in [-0.2, -0.15) is 4.98 Å². The van der Waals surface area contributed by atoms with Crippen molar-refractivity contribution >= 4 is 33.6 Å². The third-order valence-corrected chi connectivity index (χ3v) is 3.61. The zero-order chi connectivity index (χ0) is 13.1. The summed E-state index contributed by atoms with van der Waals surface area (Å²) in [5.74, 6) is 6.18. The van der Waals surface area contributed by atoms with Gasteiger partial charge in [-0.1, -0.05) is 0 Å². The lowest BCUT2D eigenvalue weighted by atomic mass is 9.96. The summed E-state index contributed by atoms with van der Waals surface area (Å²) in [7, 11) is 0. The summed E-state index contributed by atoms with van der Waals surface area (Å²) in [6.45, 7) is 1.49. The van der Waals surface area contributed by atoms with E-state index in [1.165, 1.54) is 0 Å². The molecule has 0 aromatic carbocycles. The number of amides is 1. The zero-order valence-corrected chi connectivity index (χ0v) is 11.4. The summed E-state index contributed by atoms with van der Waals surface area (Å²) in [5.41, 5.74) is 7.72. The topological polar surface area (TPSA) is 110 Å². The summed E-state index contributed by atoms with van der Waals surface area (Å²) < 4.78 is 0.805. The van der Waals surface area contributed by atoms with Gasteiger partial charge in [0.2, 0.25) is 11.9 Å². The van der Waals surface area contributed by atoms with Gasteiger partial charge in [-0.05, 0) is 28.8 Å². The predicted molar refractivity (Wildman–Crippen MR) is 71.7 cm³/mol. The van der Waals surface area contributed by atoms with E-state index in [4.69, 9.17) is 11.6 Å². The van der Waals surface area contributed by atoms with Gasteiger partial charge in [0.05, 0.1) is 4.47 Å². The van der Waals surface area contributed by atoms with Crippen LogP contribution in [0.4, 0.5) is 11.8 Å². The number of piperidine rings is 1. The van der Waals surface area contributed by atoms with Crippen molar-refractivity contribution < 1.29 is 4.79 Å². The normalized spacial score (nSPS) is 16.7. The second-order valence-corrected chi connectivity index (χ2v) is 5.03. The maximum absolute atomic E-state index is 11.1. The van der Waals surface area contributed by atoms with E-state index in [1.54, 1.807) is 6.20 Å². The monoisotopic (exact) mass is 314 g/mol. The Labute approximate surface area is 113 Å². The Balaban J connectivity index is 2.11. The van der Waals surface area contributed by atoms with Crippen molar-refractivity contribution in [3.05, 3.63) is 10.7 Å². The lowest BCUT2D eigenvalue weighted by molar-refractivity contribution is -0.122. The zero-order valence-electron chi connectivity index (χ0n) is 9.77. The van der Waals surface area contributed by atoms with Gasteiger partial charge in [0.1, 0.15) is 5.82 Å². The Kier molecular flexibility index (Phi) is 3.97. The molecule has 0 aliphatic carbocycles. The average Bonchev–Trinajstić information content (AvgIpc) is 2.39. The van der Waals surface area contributed by atoms with Crippen molar-refractivity contribution in [2.24, 2.45) is 17.5 Å². The molecule has 0 spiro atoms. The highest BCUT2D eigenvalue weighted by molar-refractivity contribution is 9.10. The number of rotatable bonds is 3. The van der Waals surface area contributed by atoms with E-state index in [1.807, 2.05) is 0 Å². The van der Waals surface area contributed by atoms with Crippen molar-refractivity contribution in [3.63, 3.8) is 0 Å². The Morgan fingerprint density at radius 1 is 1.50 bits per heavy atom. The van der Waals surface area contributed by atoms with Gasteiger partial charge >= 0.3 is 0 Å². The summed E-state index contributed by atoms with van der Waals surface area (Å²) in [4.78, 5) is 21.5. The molecule has 1 aromatic heterocycles. The molecule has 5 N–H and O–H groups in total. The molecule has 18 heavy (non-hydrogen) atoms. The number of primary amides is 1. The number of anilines is 2. The average molecular weight is 315 g/mol. The van der Waals surface area contributed by atoms with Crippen molar-refractivity contribution in [1.82, 2.24) is 9.97 Å². The number of nitrogens with two attached hydrogens (primary N) is 2. The van der Waals surface area contributed by atoms with Crippen LogP contribution in [0.1, 0.15) is 12.8 Å². The SMILES string of the molecule is NNc1ncc(Br)c(N2CCC(C(N)=O)CC2)n1. The van der Waals surface area contributed by atoms with E-state index >= 15 is 0 Å². The molecule has 1 fully saturated rings. The molecule has 8 heteroatoms. The van der Waals surface area contributed by atoms with Crippen molar-refractivity contribution in [3.8, 4) is 0 Å². The van der Waals surface area contributed by atoms with Crippen LogP contribution in [-0.2, 0) is 4.79 Å². The molecule has 1 aliphatic rings. The number of aromatic nitrogens is 2. The fourth-order valence-corrected chi connectivity index (χ4v) is 2.47. The summed E-state index contributed by atoms with van der Waals surface area (Å²) >= 11 is 3.41. The van der Waals surface area contributed by atoms with Crippen LogP contribution in [0.2, 0.25) is 0 Å². The van der Waals surface area contributed by atoms with Crippen LogP contribution in [0.25, 0.3) is 0 Å². The molecule has 7 nitrogen and oxygen atoms in total. The van der Waals surface area contributed by atoms with E-state index in [2.05, 4.69) is 36.2 Å². The minimum atomic E-state index is -0.222. The van der Waals surface area contributed by atoms with Crippen LogP contribution in [-0.4, -0.2) is 29.0 Å². The van der Waals surface area contributed by atoms with Crippen LogP contribution in [0, 0.1) is 5.92 Å². The highest BCUT2D eigenvalue weighted by Gasteiger charge is 2.25. The van der Waals surface area contributed by atoms with E-state index in [0.717, 1.165) is 36.2 Å². The maximum atomic E-state index is 11.1. The molecular weight excluding hydrogens is 300 g/mol. The molecule has 0 unspecified atom stereocenters. The van der Waals surface area contributed by atoms with Crippen molar-refractivity contribution in [2.75, 3.05) is 23.4 Å². The number of halogens is 1. The first-order valence-corrected chi connectivity index (χ1v) is 6.44. The van der Waals surface area contributed by atoms with E-state index in [-0.39, 0.29) is 11.8 Å². The number of nitrogens with one attached hydrogen (secondary N) is 1. The molecule has 1 saturated heterocycles. The van der Waals surface area contributed by atoms with E-state index in [9.17, 15) is 4.79 Å². The van der Waals surface area contributed by atoms with Gasteiger partial charge in [0.25, 0.3) is 0 Å². The first-order chi connectivity index (χ1) is 8.61. The smallest absolute Gasteiger partial charge is 0.239 e. The largest absolute Gasteiger partial charge is 0.369 e. The first-order valence-electron chi connectivity index (χ1n) is 5.65. The third-order valence-electron chi connectivity index (χ3n) is 3.05. The fraction of sp³-hybridized carbons (Fsp3) is 0.500. The van der Waals surface area contributed by atoms with Crippen LogP contribution in [0.15, 0.2) is 10.7 Å². The van der Waals surface area contributed by atoms with Crippen LogP contribution in [0.3, 0.4) is 0 Å². The molecule has 2 heterocycles. The van der Waals surface area contributed by atoms with Crippen LogP contribution < -0.4 is 21.9 Å². The standard InChI is InChI=1S/C10H15BrN6O/c11-7-5-14-10(16-13)15-9(7)17-3-1-6(2-4-17)8(12)18/h5-6H,1-4,13H2,(H2,12,18)(H,14,15,16). The number of hydrazine groups is 1. The molecule has 1 aromatic rings. The highest BCUT2D eigenvalue weighted by atomic mass is 79.9. The Bertz CT molecular complexity index is 446. The summed E-state index contributed by atoms with van der Waals surface area (Å²) in [5, 5.41) is 0. The number of nitrogens with zero attached hydrogens (tertiary/aromatic N) is 3. The van der Waals surface area contributed by atoms with E-state index in [0.29, 0.717) is 5.95 Å². The molecule has 2 rings (SSSR count). The Morgan fingerprint density at radius 2 is 2.17 bits per heavy atom. The van der Waals surface area contributed by atoms with Crippen LogP contribution >= 0.6 is 15.9 Å². The molecule has 1 amide bonds. The first kappa shape index (κ1) is 13.0. The molecule has 98 valence electrons. The van der Waals surface area contributed by atoms with Gasteiger partial charge in [-0.15, -0.1) is 0 Å². The number of carbonyl (C=O) groups excluding carboxylic acids is 1. The molecule has 0 radical (unpaired) electrons. The lowest BCUT2D eigenvalue weighted by Gasteiger charge is -2.31. The Hall–Kier alpha value is -1.41. The van der Waals surface area contributed by atoms with Gasteiger partial charge in [-0.25, -0.2) is 10.8 Å². The molecule has 0 atom stereocenters. The second-order valence-electron chi connectivity index (χ2n) is 4.17.